The lowest BCUT2D eigenvalue weighted by Gasteiger charge is -2.25. The molecule has 1 aromatic heterocycles. The fourth-order valence-electron chi connectivity index (χ4n) is 4.56. The molecule has 1 N–H and O–H groups in total. The number of carbonyl (C=O) groups is 2. The Labute approximate surface area is 238 Å². The van der Waals surface area contributed by atoms with Crippen LogP contribution in [0, 0.1) is 5.82 Å². The van der Waals surface area contributed by atoms with Gasteiger partial charge >= 0.3 is 5.97 Å². The van der Waals surface area contributed by atoms with Gasteiger partial charge in [0.15, 0.2) is 5.78 Å². The average Bonchev–Trinajstić information content (AvgIpc) is 3.70. The average molecular weight is 592 g/mol. The Kier molecular flexibility index (Phi) is 10.1. The van der Waals surface area contributed by atoms with E-state index in [4.69, 9.17) is 23.7 Å². The van der Waals surface area contributed by atoms with Crippen LogP contribution in [-0.2, 0) is 29.0 Å². The van der Waals surface area contributed by atoms with Crippen molar-refractivity contribution in [1.82, 2.24) is 0 Å². The number of benzene rings is 2. The first kappa shape index (κ1) is 30.6. The highest BCUT2D eigenvalue weighted by Crippen LogP contribution is 2.48. The Bertz CT molecular complexity index is 1480. The van der Waals surface area contributed by atoms with Gasteiger partial charge in [-0.1, -0.05) is 6.92 Å². The molecule has 0 unspecified atom stereocenters. The number of rotatable bonds is 17. The maximum Gasteiger partial charge on any atom is 0.329 e. The topological polar surface area (TPSA) is 133 Å². The molecular formula is C29H34FNO9S. The smallest absolute Gasteiger partial charge is 0.329 e. The third kappa shape index (κ3) is 7.91. The zero-order valence-electron chi connectivity index (χ0n) is 23.1. The molecule has 0 aliphatic heterocycles. The number of aliphatic carboxylic acids is 1. The van der Waals surface area contributed by atoms with Crippen molar-refractivity contribution in [2.24, 2.45) is 0 Å². The summed E-state index contributed by atoms with van der Waals surface area (Å²) in [5.74, 6) is -1.10. The summed E-state index contributed by atoms with van der Waals surface area (Å²) in [5, 5.41) is 9.15. The minimum absolute atomic E-state index is 0.0536. The van der Waals surface area contributed by atoms with Crippen LogP contribution in [0.25, 0.3) is 22.3 Å². The van der Waals surface area contributed by atoms with E-state index in [2.05, 4.69) is 0 Å². The molecule has 12 heteroatoms. The number of fused-ring (bicyclic) bond motifs is 1. The number of carboxylic acids is 1. The van der Waals surface area contributed by atoms with Crippen LogP contribution in [0.2, 0.25) is 0 Å². The number of nitrogens with zero attached hydrogens (tertiary/aromatic N) is 1. The standard InChI is InChI=1S/C29H34FNO9S/c1-3-25(32)28-23-16-22(19-4-5-19)24(17-26(23)40-29(28)20-6-8-21(30)9-7-20)31(41(2,35)36)10-11-37-12-13-38-14-15-39-18-27(33)34/h6-9,16-17,19H,3-5,10-15,18H2,1-2H3,(H,33,34). The lowest BCUT2D eigenvalue weighted by atomic mass is 9.97. The normalized spacial score (nSPS) is 13.5. The molecule has 4 rings (SSSR count). The molecule has 1 heterocycles. The van der Waals surface area contributed by atoms with E-state index in [1.807, 2.05) is 6.07 Å². The number of sulfonamides is 1. The van der Waals surface area contributed by atoms with Crippen molar-refractivity contribution in [1.29, 1.82) is 0 Å². The Balaban J connectivity index is 1.55. The molecule has 2 aromatic carbocycles. The van der Waals surface area contributed by atoms with E-state index in [0.717, 1.165) is 24.7 Å². The van der Waals surface area contributed by atoms with Gasteiger partial charge in [0.05, 0.1) is 57.1 Å². The van der Waals surface area contributed by atoms with Crippen molar-refractivity contribution < 1.29 is 46.1 Å². The van der Waals surface area contributed by atoms with Crippen molar-refractivity contribution >= 4 is 38.4 Å². The zero-order valence-corrected chi connectivity index (χ0v) is 23.9. The van der Waals surface area contributed by atoms with Gasteiger partial charge in [0.25, 0.3) is 0 Å². The number of ether oxygens (including phenoxy) is 3. The van der Waals surface area contributed by atoms with Crippen molar-refractivity contribution in [2.45, 2.75) is 32.1 Å². The van der Waals surface area contributed by atoms with Crippen molar-refractivity contribution in [3.63, 3.8) is 0 Å². The molecule has 0 radical (unpaired) electrons. The SMILES string of the molecule is CCC(=O)c1c(-c2ccc(F)cc2)oc2cc(N(CCOCCOCCOCC(=O)O)S(C)(=O)=O)c(C3CC3)cc12. The molecular weight excluding hydrogens is 557 g/mol. The molecule has 0 amide bonds. The van der Waals surface area contributed by atoms with Gasteiger partial charge in [-0.3, -0.25) is 9.10 Å². The molecule has 0 spiro atoms. The number of hydrogen-bond acceptors (Lipinski definition) is 8. The van der Waals surface area contributed by atoms with Gasteiger partial charge < -0.3 is 23.7 Å². The number of carbonyl (C=O) groups excluding carboxylic acids is 1. The molecule has 1 saturated carbocycles. The van der Waals surface area contributed by atoms with E-state index in [1.54, 1.807) is 25.1 Å². The Hall–Kier alpha value is -3.32. The number of hydrogen-bond donors (Lipinski definition) is 1. The van der Waals surface area contributed by atoms with Crippen LogP contribution < -0.4 is 4.31 Å². The maximum absolute atomic E-state index is 13.6. The van der Waals surface area contributed by atoms with E-state index < -0.39 is 28.4 Å². The summed E-state index contributed by atoms with van der Waals surface area (Å²) in [6, 6.07) is 9.23. The first-order valence-electron chi connectivity index (χ1n) is 13.4. The van der Waals surface area contributed by atoms with E-state index in [-0.39, 0.29) is 57.7 Å². The van der Waals surface area contributed by atoms with Gasteiger partial charge in [-0.05, 0) is 54.7 Å². The second kappa shape index (κ2) is 13.6. The second-order valence-electron chi connectivity index (χ2n) is 9.78. The van der Waals surface area contributed by atoms with Crippen LogP contribution in [0.1, 0.15) is 48.0 Å². The first-order chi connectivity index (χ1) is 19.6. The molecule has 1 aliphatic carbocycles. The Morgan fingerprint density at radius 2 is 1.66 bits per heavy atom. The molecule has 0 bridgehead atoms. The quantitative estimate of drug-likeness (QED) is 0.177. The monoisotopic (exact) mass is 591 g/mol. The predicted molar refractivity (Wildman–Crippen MR) is 150 cm³/mol. The molecule has 0 atom stereocenters. The fourth-order valence-corrected chi connectivity index (χ4v) is 5.48. The van der Waals surface area contributed by atoms with Gasteiger partial charge in [-0.2, -0.15) is 0 Å². The molecule has 41 heavy (non-hydrogen) atoms. The lowest BCUT2D eigenvalue weighted by molar-refractivity contribution is -0.142. The van der Waals surface area contributed by atoms with Crippen LogP contribution in [-0.4, -0.2) is 77.7 Å². The summed E-state index contributed by atoms with van der Waals surface area (Å²) in [7, 11) is -3.70. The van der Waals surface area contributed by atoms with Gasteiger partial charge in [0.1, 0.15) is 23.8 Å². The van der Waals surface area contributed by atoms with Crippen LogP contribution in [0.5, 0.6) is 0 Å². The number of carboxylic acid groups (broad SMARTS) is 1. The number of halogens is 1. The van der Waals surface area contributed by atoms with Crippen LogP contribution in [0.3, 0.4) is 0 Å². The summed E-state index contributed by atoms with van der Waals surface area (Å²) in [4.78, 5) is 23.5. The van der Waals surface area contributed by atoms with E-state index >= 15 is 0 Å². The summed E-state index contributed by atoms with van der Waals surface area (Å²) >= 11 is 0. The number of ketones is 1. The summed E-state index contributed by atoms with van der Waals surface area (Å²) in [6.45, 7) is 2.33. The molecule has 1 aliphatic rings. The second-order valence-corrected chi connectivity index (χ2v) is 11.7. The maximum atomic E-state index is 13.6. The molecule has 0 saturated heterocycles. The van der Waals surface area contributed by atoms with Gasteiger partial charge in [-0.15, -0.1) is 0 Å². The summed E-state index contributed by atoms with van der Waals surface area (Å²) < 4.78 is 62.7. The van der Waals surface area contributed by atoms with Gasteiger partial charge in [0, 0.05) is 23.4 Å². The highest BCUT2D eigenvalue weighted by atomic mass is 32.2. The zero-order chi connectivity index (χ0) is 29.6. The highest BCUT2D eigenvalue weighted by molar-refractivity contribution is 7.92. The van der Waals surface area contributed by atoms with Crippen molar-refractivity contribution in [3.8, 4) is 11.3 Å². The van der Waals surface area contributed by atoms with E-state index in [0.29, 0.717) is 33.5 Å². The lowest BCUT2D eigenvalue weighted by Crippen LogP contribution is -2.34. The highest BCUT2D eigenvalue weighted by Gasteiger charge is 2.33. The predicted octanol–water partition coefficient (Wildman–Crippen LogP) is 4.61. The van der Waals surface area contributed by atoms with Crippen LogP contribution in [0.4, 0.5) is 10.1 Å². The number of furan rings is 1. The van der Waals surface area contributed by atoms with E-state index in [9.17, 15) is 22.4 Å². The van der Waals surface area contributed by atoms with Gasteiger partial charge in [-0.25, -0.2) is 17.6 Å². The summed E-state index contributed by atoms with van der Waals surface area (Å²) in [5.41, 5.74) is 2.63. The number of anilines is 1. The largest absolute Gasteiger partial charge is 0.480 e. The minimum Gasteiger partial charge on any atom is -0.480 e. The number of Topliss-reactive ketones (excluding diaryl/α,β-unsaturated/α-hetero) is 1. The van der Waals surface area contributed by atoms with Crippen molar-refractivity contribution in [3.05, 3.63) is 53.3 Å². The molecule has 1 fully saturated rings. The third-order valence-electron chi connectivity index (χ3n) is 6.64. The van der Waals surface area contributed by atoms with Gasteiger partial charge in [0.2, 0.25) is 10.0 Å². The molecule has 222 valence electrons. The Morgan fingerprint density at radius 3 is 2.24 bits per heavy atom. The fraction of sp³-hybridized carbons (Fsp3) is 0.448. The first-order valence-corrected chi connectivity index (χ1v) is 15.3. The Morgan fingerprint density at radius 1 is 1.02 bits per heavy atom. The van der Waals surface area contributed by atoms with Crippen molar-refractivity contribution in [2.75, 3.05) is 56.7 Å². The van der Waals surface area contributed by atoms with E-state index in [1.165, 1.54) is 16.4 Å². The summed E-state index contributed by atoms with van der Waals surface area (Å²) in [6.07, 6.45) is 3.18. The molecule has 10 nitrogen and oxygen atoms in total. The van der Waals surface area contributed by atoms with Crippen LogP contribution >= 0.6 is 0 Å². The van der Waals surface area contributed by atoms with Crippen LogP contribution in [0.15, 0.2) is 40.8 Å². The molecule has 3 aromatic rings. The third-order valence-corrected chi connectivity index (χ3v) is 7.82. The minimum atomic E-state index is -3.70.